The molecular weight excluding hydrogens is 250 g/mol. The summed E-state index contributed by atoms with van der Waals surface area (Å²) >= 11 is 0. The van der Waals surface area contributed by atoms with Gasteiger partial charge in [0.25, 0.3) is 0 Å². The number of ether oxygens (including phenoxy) is 1. The Morgan fingerprint density at radius 2 is 1.95 bits per heavy atom. The van der Waals surface area contributed by atoms with Crippen LogP contribution in [-0.4, -0.2) is 54.3 Å². The Hall–Kier alpha value is -0.970. The topological polar surface area (TPSA) is 37.4 Å². The van der Waals surface area contributed by atoms with Crippen LogP contribution >= 0.6 is 0 Å². The summed E-state index contributed by atoms with van der Waals surface area (Å²) in [4.78, 5) is 6.65. The van der Waals surface area contributed by atoms with E-state index in [-0.39, 0.29) is 5.54 Å². The van der Waals surface area contributed by atoms with E-state index in [2.05, 4.69) is 48.1 Å². The van der Waals surface area contributed by atoms with E-state index in [1.54, 1.807) is 0 Å². The molecule has 1 saturated heterocycles. The number of likely N-dealkylation sites (N-methyl/N-ethyl adjacent to an activating group) is 1. The minimum atomic E-state index is 0.114. The van der Waals surface area contributed by atoms with E-state index in [1.165, 1.54) is 5.56 Å². The van der Waals surface area contributed by atoms with Crippen molar-refractivity contribution >= 4 is 0 Å². The summed E-state index contributed by atoms with van der Waals surface area (Å²) in [5, 5.41) is 3.67. The van der Waals surface area contributed by atoms with E-state index >= 15 is 0 Å². The van der Waals surface area contributed by atoms with Crippen LogP contribution in [0.25, 0.3) is 0 Å². The highest BCUT2D eigenvalue weighted by atomic mass is 16.5. The molecule has 2 rings (SSSR count). The molecule has 0 radical (unpaired) electrons. The van der Waals surface area contributed by atoms with Crippen molar-refractivity contribution < 1.29 is 4.74 Å². The molecule has 0 aliphatic carbocycles. The maximum Gasteiger partial charge on any atom is 0.0594 e. The smallest absolute Gasteiger partial charge is 0.0594 e. The summed E-state index contributed by atoms with van der Waals surface area (Å²) in [5.74, 6) is 0. The molecule has 1 aromatic rings. The molecule has 1 unspecified atom stereocenters. The molecule has 1 aromatic heterocycles. The van der Waals surface area contributed by atoms with Gasteiger partial charge in [0.05, 0.1) is 13.2 Å². The Morgan fingerprint density at radius 3 is 2.55 bits per heavy atom. The predicted molar refractivity (Wildman–Crippen MR) is 81.9 cm³/mol. The van der Waals surface area contributed by atoms with Gasteiger partial charge in [-0.3, -0.25) is 9.88 Å². The Kier molecular flexibility index (Phi) is 5.52. The Labute approximate surface area is 122 Å². The molecule has 1 atom stereocenters. The Balaban J connectivity index is 2.09. The molecule has 20 heavy (non-hydrogen) atoms. The average molecular weight is 277 g/mol. The first-order chi connectivity index (χ1) is 9.64. The lowest BCUT2D eigenvalue weighted by Gasteiger charge is -2.46. The predicted octanol–water partition coefficient (Wildman–Crippen LogP) is 1.71. The number of hydrogen-bond donors (Lipinski definition) is 1. The van der Waals surface area contributed by atoms with Crippen LogP contribution in [0.1, 0.15) is 26.3 Å². The van der Waals surface area contributed by atoms with Crippen LogP contribution in [0.3, 0.4) is 0 Å². The Morgan fingerprint density at radius 1 is 1.30 bits per heavy atom. The molecule has 0 saturated carbocycles. The molecule has 0 spiro atoms. The molecule has 1 aliphatic rings. The fourth-order valence-corrected chi connectivity index (χ4v) is 2.93. The van der Waals surface area contributed by atoms with E-state index in [0.717, 1.165) is 39.3 Å². The van der Waals surface area contributed by atoms with Gasteiger partial charge in [-0.15, -0.1) is 0 Å². The largest absolute Gasteiger partial charge is 0.379 e. The van der Waals surface area contributed by atoms with Gasteiger partial charge in [0, 0.05) is 37.1 Å². The minimum absolute atomic E-state index is 0.114. The van der Waals surface area contributed by atoms with Gasteiger partial charge in [-0.05, 0) is 44.5 Å². The zero-order valence-corrected chi connectivity index (χ0v) is 12.9. The summed E-state index contributed by atoms with van der Waals surface area (Å²) in [7, 11) is 0. The van der Waals surface area contributed by atoms with Crippen molar-refractivity contribution in [3.63, 3.8) is 0 Å². The normalized spacial score (nSPS) is 18.9. The van der Waals surface area contributed by atoms with Gasteiger partial charge >= 0.3 is 0 Å². The Bertz CT molecular complexity index is 388. The van der Waals surface area contributed by atoms with Crippen LogP contribution in [-0.2, 0) is 11.2 Å². The van der Waals surface area contributed by atoms with Crippen molar-refractivity contribution in [3.05, 3.63) is 30.1 Å². The molecule has 2 heterocycles. The number of rotatable bonds is 6. The molecular formula is C16H27N3O. The fraction of sp³-hybridized carbons (Fsp3) is 0.688. The van der Waals surface area contributed by atoms with Crippen molar-refractivity contribution in [2.45, 2.75) is 38.8 Å². The molecule has 1 aliphatic heterocycles. The molecule has 0 aromatic carbocycles. The maximum atomic E-state index is 5.48. The quantitative estimate of drug-likeness (QED) is 0.859. The minimum Gasteiger partial charge on any atom is -0.379 e. The highest BCUT2D eigenvalue weighted by Gasteiger charge is 2.35. The van der Waals surface area contributed by atoms with Crippen LogP contribution in [0, 0.1) is 0 Å². The van der Waals surface area contributed by atoms with E-state index in [0.29, 0.717) is 6.04 Å². The lowest BCUT2D eigenvalue weighted by molar-refractivity contribution is -0.0230. The molecule has 1 fully saturated rings. The van der Waals surface area contributed by atoms with E-state index in [9.17, 15) is 0 Å². The first kappa shape index (κ1) is 15.4. The molecule has 0 bridgehead atoms. The third-order valence-electron chi connectivity index (χ3n) is 4.32. The van der Waals surface area contributed by atoms with E-state index in [1.807, 2.05) is 12.4 Å². The second-order valence-electron chi connectivity index (χ2n) is 5.92. The molecule has 4 heteroatoms. The molecule has 0 amide bonds. The molecule has 112 valence electrons. The summed E-state index contributed by atoms with van der Waals surface area (Å²) in [6.07, 6.45) is 4.78. The van der Waals surface area contributed by atoms with Crippen LogP contribution in [0.2, 0.25) is 0 Å². The van der Waals surface area contributed by atoms with Crippen molar-refractivity contribution in [2.24, 2.45) is 0 Å². The number of aromatic nitrogens is 1. The third kappa shape index (κ3) is 3.78. The lowest BCUT2D eigenvalue weighted by Crippen LogP contribution is -2.61. The van der Waals surface area contributed by atoms with Gasteiger partial charge in [0.15, 0.2) is 0 Å². The SMILES string of the molecule is CCNC(Cc1ccncc1)C(C)(C)N1CCOCC1. The zero-order chi connectivity index (χ0) is 14.4. The number of nitrogens with zero attached hydrogens (tertiary/aromatic N) is 2. The highest BCUT2D eigenvalue weighted by molar-refractivity contribution is 5.13. The highest BCUT2D eigenvalue weighted by Crippen LogP contribution is 2.23. The number of hydrogen-bond acceptors (Lipinski definition) is 4. The zero-order valence-electron chi connectivity index (χ0n) is 12.9. The number of morpholine rings is 1. The monoisotopic (exact) mass is 277 g/mol. The fourth-order valence-electron chi connectivity index (χ4n) is 2.93. The van der Waals surface area contributed by atoms with Crippen LogP contribution in [0.4, 0.5) is 0 Å². The lowest BCUT2D eigenvalue weighted by atomic mass is 9.87. The van der Waals surface area contributed by atoms with Crippen molar-refractivity contribution in [3.8, 4) is 0 Å². The average Bonchev–Trinajstić information content (AvgIpc) is 2.49. The molecule has 4 nitrogen and oxygen atoms in total. The first-order valence-corrected chi connectivity index (χ1v) is 7.59. The van der Waals surface area contributed by atoms with Crippen LogP contribution < -0.4 is 5.32 Å². The number of nitrogens with one attached hydrogen (secondary N) is 1. The first-order valence-electron chi connectivity index (χ1n) is 7.59. The summed E-state index contributed by atoms with van der Waals surface area (Å²) in [5.41, 5.74) is 1.45. The molecule has 1 N–H and O–H groups in total. The second-order valence-corrected chi connectivity index (χ2v) is 5.92. The van der Waals surface area contributed by atoms with E-state index in [4.69, 9.17) is 4.74 Å². The van der Waals surface area contributed by atoms with Crippen molar-refractivity contribution in [1.82, 2.24) is 15.2 Å². The second kappa shape index (κ2) is 7.16. The summed E-state index contributed by atoms with van der Waals surface area (Å²) in [6.45, 7) is 11.6. The standard InChI is InChI=1S/C16H27N3O/c1-4-18-15(13-14-5-7-17-8-6-14)16(2,3)19-9-11-20-12-10-19/h5-8,15,18H,4,9-13H2,1-3H3. The van der Waals surface area contributed by atoms with Gasteiger partial charge < -0.3 is 10.1 Å². The van der Waals surface area contributed by atoms with E-state index < -0.39 is 0 Å². The van der Waals surface area contributed by atoms with Gasteiger partial charge in [0.1, 0.15) is 0 Å². The summed E-state index contributed by atoms with van der Waals surface area (Å²) in [6, 6.07) is 4.65. The van der Waals surface area contributed by atoms with Gasteiger partial charge in [-0.1, -0.05) is 6.92 Å². The van der Waals surface area contributed by atoms with Crippen molar-refractivity contribution in [2.75, 3.05) is 32.8 Å². The van der Waals surface area contributed by atoms with Crippen molar-refractivity contribution in [1.29, 1.82) is 0 Å². The summed E-state index contributed by atoms with van der Waals surface area (Å²) < 4.78 is 5.48. The van der Waals surface area contributed by atoms with Gasteiger partial charge in [-0.2, -0.15) is 0 Å². The van der Waals surface area contributed by atoms with Gasteiger partial charge in [-0.25, -0.2) is 0 Å². The van der Waals surface area contributed by atoms with Crippen LogP contribution in [0.5, 0.6) is 0 Å². The maximum absolute atomic E-state index is 5.48. The third-order valence-corrected chi connectivity index (χ3v) is 4.32. The van der Waals surface area contributed by atoms with Crippen LogP contribution in [0.15, 0.2) is 24.5 Å². The van der Waals surface area contributed by atoms with Gasteiger partial charge in [0.2, 0.25) is 0 Å². The number of pyridine rings is 1.